The molecule has 1 saturated heterocycles. The summed E-state index contributed by atoms with van der Waals surface area (Å²) in [5.74, 6) is 1.02. The minimum Gasteiger partial charge on any atom is -0.468 e. The number of likely N-dealkylation sites (tertiary alicyclic amines) is 1. The summed E-state index contributed by atoms with van der Waals surface area (Å²) in [6.07, 6.45) is 4.47. The molecule has 3 nitrogen and oxygen atoms in total. The van der Waals surface area contributed by atoms with Gasteiger partial charge in [0.15, 0.2) is 0 Å². The zero-order valence-corrected chi connectivity index (χ0v) is 9.41. The van der Waals surface area contributed by atoms with Gasteiger partial charge in [-0.3, -0.25) is 0 Å². The van der Waals surface area contributed by atoms with Gasteiger partial charge in [-0.05, 0) is 45.0 Å². The smallest absolute Gasteiger partial charge is 0.120 e. The van der Waals surface area contributed by atoms with E-state index in [4.69, 9.17) is 4.42 Å². The average Bonchev–Trinajstić information content (AvgIpc) is 2.90. The third kappa shape index (κ3) is 3.08. The molecule has 2 rings (SSSR count). The Morgan fingerprint density at radius 3 is 2.93 bits per heavy atom. The molecule has 1 aromatic heterocycles. The van der Waals surface area contributed by atoms with E-state index in [1.54, 1.807) is 6.26 Å². The zero-order chi connectivity index (χ0) is 10.5. The van der Waals surface area contributed by atoms with Crippen molar-refractivity contribution in [2.75, 3.05) is 26.2 Å². The van der Waals surface area contributed by atoms with Gasteiger partial charge in [-0.15, -0.1) is 0 Å². The Bertz CT molecular complexity index is 265. The maximum absolute atomic E-state index is 5.34. The number of hydrogen-bond donors (Lipinski definition) is 1. The predicted octanol–water partition coefficient (Wildman–Crippen LogP) is 2.03. The van der Waals surface area contributed by atoms with Crippen LogP contribution in [0.5, 0.6) is 0 Å². The van der Waals surface area contributed by atoms with Crippen LogP contribution in [0.1, 0.15) is 31.6 Å². The molecule has 84 valence electrons. The molecule has 0 unspecified atom stereocenters. The predicted molar refractivity (Wildman–Crippen MR) is 60.8 cm³/mol. The largest absolute Gasteiger partial charge is 0.468 e. The van der Waals surface area contributed by atoms with Crippen molar-refractivity contribution in [2.45, 2.75) is 25.8 Å². The maximum atomic E-state index is 5.34. The van der Waals surface area contributed by atoms with Gasteiger partial charge in [0.2, 0.25) is 0 Å². The van der Waals surface area contributed by atoms with Crippen LogP contribution in [0.3, 0.4) is 0 Å². The minimum absolute atomic E-state index is 0.322. The summed E-state index contributed by atoms with van der Waals surface area (Å²) in [7, 11) is 0. The van der Waals surface area contributed by atoms with Crippen LogP contribution in [-0.4, -0.2) is 31.1 Å². The fraction of sp³-hybridized carbons (Fsp3) is 0.667. The van der Waals surface area contributed by atoms with Crippen molar-refractivity contribution < 1.29 is 4.42 Å². The molecule has 1 aliphatic heterocycles. The van der Waals surface area contributed by atoms with Gasteiger partial charge >= 0.3 is 0 Å². The summed E-state index contributed by atoms with van der Waals surface area (Å²) in [5, 5.41) is 3.48. The number of furan rings is 1. The Morgan fingerprint density at radius 2 is 2.27 bits per heavy atom. The van der Waals surface area contributed by atoms with Crippen molar-refractivity contribution >= 4 is 0 Å². The zero-order valence-electron chi connectivity index (χ0n) is 9.41. The van der Waals surface area contributed by atoms with E-state index < -0.39 is 0 Å². The van der Waals surface area contributed by atoms with Crippen LogP contribution in [0, 0.1) is 0 Å². The molecule has 0 radical (unpaired) electrons. The molecule has 3 heteroatoms. The molecule has 1 aliphatic rings. The van der Waals surface area contributed by atoms with E-state index in [1.165, 1.54) is 25.9 Å². The Labute approximate surface area is 91.4 Å². The molecular weight excluding hydrogens is 188 g/mol. The summed E-state index contributed by atoms with van der Waals surface area (Å²) < 4.78 is 5.34. The van der Waals surface area contributed by atoms with Gasteiger partial charge in [0, 0.05) is 13.1 Å². The molecule has 1 atom stereocenters. The van der Waals surface area contributed by atoms with Gasteiger partial charge in [-0.25, -0.2) is 0 Å². The van der Waals surface area contributed by atoms with Gasteiger partial charge in [0.1, 0.15) is 5.76 Å². The minimum atomic E-state index is 0.322. The van der Waals surface area contributed by atoms with Crippen molar-refractivity contribution in [1.82, 2.24) is 10.2 Å². The highest BCUT2D eigenvalue weighted by Gasteiger charge is 2.12. The van der Waals surface area contributed by atoms with Crippen LogP contribution >= 0.6 is 0 Å². The van der Waals surface area contributed by atoms with Crippen molar-refractivity contribution in [3.63, 3.8) is 0 Å². The highest BCUT2D eigenvalue weighted by molar-refractivity contribution is 5.02. The first kappa shape index (κ1) is 10.7. The van der Waals surface area contributed by atoms with Crippen LogP contribution in [0.2, 0.25) is 0 Å². The maximum Gasteiger partial charge on any atom is 0.120 e. The van der Waals surface area contributed by atoms with Gasteiger partial charge in [0.05, 0.1) is 12.3 Å². The third-order valence-corrected chi connectivity index (χ3v) is 3.05. The highest BCUT2D eigenvalue weighted by Crippen LogP contribution is 2.12. The van der Waals surface area contributed by atoms with Crippen LogP contribution < -0.4 is 5.32 Å². The normalized spacial score (nSPS) is 19.5. The SMILES string of the molecule is C[C@H](NCCN1CCCC1)c1ccco1. The van der Waals surface area contributed by atoms with E-state index in [0.717, 1.165) is 18.8 Å². The van der Waals surface area contributed by atoms with E-state index in [1.807, 2.05) is 12.1 Å². The first-order valence-corrected chi connectivity index (χ1v) is 5.85. The molecule has 0 spiro atoms. The third-order valence-electron chi connectivity index (χ3n) is 3.05. The first-order valence-electron chi connectivity index (χ1n) is 5.85. The van der Waals surface area contributed by atoms with Crippen molar-refractivity contribution in [1.29, 1.82) is 0 Å². The van der Waals surface area contributed by atoms with E-state index >= 15 is 0 Å². The van der Waals surface area contributed by atoms with Gasteiger partial charge in [-0.2, -0.15) is 0 Å². The summed E-state index contributed by atoms with van der Waals surface area (Å²) in [5.41, 5.74) is 0. The number of nitrogens with zero attached hydrogens (tertiary/aromatic N) is 1. The second-order valence-corrected chi connectivity index (χ2v) is 4.24. The number of rotatable bonds is 5. The fourth-order valence-electron chi connectivity index (χ4n) is 2.08. The molecule has 1 fully saturated rings. The van der Waals surface area contributed by atoms with Gasteiger partial charge in [0.25, 0.3) is 0 Å². The van der Waals surface area contributed by atoms with E-state index in [0.29, 0.717) is 6.04 Å². The standard InChI is InChI=1S/C12H20N2O/c1-11(12-5-4-10-15-12)13-6-9-14-7-2-3-8-14/h4-5,10-11,13H,2-3,6-9H2,1H3/t11-/m0/s1. The Hall–Kier alpha value is -0.800. The average molecular weight is 208 g/mol. The fourth-order valence-corrected chi connectivity index (χ4v) is 2.08. The lowest BCUT2D eigenvalue weighted by molar-refractivity contribution is 0.323. The molecule has 15 heavy (non-hydrogen) atoms. The second kappa shape index (κ2) is 5.33. The summed E-state index contributed by atoms with van der Waals surface area (Å²) in [6.45, 7) is 6.89. The van der Waals surface area contributed by atoms with Crippen LogP contribution in [0.15, 0.2) is 22.8 Å². The lowest BCUT2D eigenvalue weighted by Crippen LogP contribution is -2.31. The van der Waals surface area contributed by atoms with E-state index in [2.05, 4.69) is 17.1 Å². The van der Waals surface area contributed by atoms with Crippen LogP contribution in [0.4, 0.5) is 0 Å². The van der Waals surface area contributed by atoms with Gasteiger partial charge in [-0.1, -0.05) is 0 Å². The molecule has 0 amide bonds. The van der Waals surface area contributed by atoms with Crippen LogP contribution in [0.25, 0.3) is 0 Å². The molecule has 0 aliphatic carbocycles. The topological polar surface area (TPSA) is 28.4 Å². The van der Waals surface area contributed by atoms with E-state index in [-0.39, 0.29) is 0 Å². The van der Waals surface area contributed by atoms with E-state index in [9.17, 15) is 0 Å². The Kier molecular flexibility index (Phi) is 3.80. The van der Waals surface area contributed by atoms with Crippen LogP contribution in [-0.2, 0) is 0 Å². The quantitative estimate of drug-likeness (QED) is 0.802. The molecule has 1 aromatic rings. The molecule has 1 N–H and O–H groups in total. The van der Waals surface area contributed by atoms with Crippen molar-refractivity contribution in [2.24, 2.45) is 0 Å². The highest BCUT2D eigenvalue weighted by atomic mass is 16.3. The van der Waals surface area contributed by atoms with Crippen molar-refractivity contribution in [3.8, 4) is 0 Å². The lowest BCUT2D eigenvalue weighted by atomic mass is 10.2. The molecule has 0 aromatic carbocycles. The van der Waals surface area contributed by atoms with Gasteiger partial charge < -0.3 is 14.6 Å². The molecule has 2 heterocycles. The second-order valence-electron chi connectivity index (χ2n) is 4.24. The molecule has 0 bridgehead atoms. The summed E-state index contributed by atoms with van der Waals surface area (Å²) in [6, 6.07) is 4.28. The number of nitrogens with one attached hydrogen (secondary N) is 1. The molecule has 0 saturated carbocycles. The monoisotopic (exact) mass is 208 g/mol. The summed E-state index contributed by atoms with van der Waals surface area (Å²) >= 11 is 0. The lowest BCUT2D eigenvalue weighted by Gasteiger charge is -2.17. The summed E-state index contributed by atoms with van der Waals surface area (Å²) in [4.78, 5) is 2.52. The Balaban J connectivity index is 1.65. The first-order chi connectivity index (χ1) is 7.36. The Morgan fingerprint density at radius 1 is 1.47 bits per heavy atom. The van der Waals surface area contributed by atoms with Crippen molar-refractivity contribution in [3.05, 3.63) is 24.2 Å². The number of hydrogen-bond acceptors (Lipinski definition) is 3. The molecular formula is C12H20N2O.